The lowest BCUT2D eigenvalue weighted by molar-refractivity contribution is -0.132. The summed E-state index contributed by atoms with van der Waals surface area (Å²) >= 11 is 0. The molecule has 0 unspecified atom stereocenters. The van der Waals surface area contributed by atoms with E-state index in [2.05, 4.69) is 0 Å². The summed E-state index contributed by atoms with van der Waals surface area (Å²) in [4.78, 5) is 28.3. The van der Waals surface area contributed by atoms with Gasteiger partial charge in [0.25, 0.3) is 0 Å². The Morgan fingerprint density at radius 3 is 2.79 bits per heavy atom. The van der Waals surface area contributed by atoms with Crippen molar-refractivity contribution in [3.8, 4) is 11.5 Å². The van der Waals surface area contributed by atoms with E-state index in [9.17, 15) is 9.59 Å². The maximum Gasteiger partial charge on any atom is 0.227 e. The number of likely N-dealkylation sites (tertiary alicyclic amines) is 2. The Hall–Kier alpha value is -2.24. The van der Waals surface area contributed by atoms with E-state index < -0.39 is 0 Å². The number of amides is 2. The van der Waals surface area contributed by atoms with Crippen molar-refractivity contribution < 1.29 is 19.1 Å². The highest BCUT2D eigenvalue weighted by Gasteiger charge is 2.41. The summed E-state index contributed by atoms with van der Waals surface area (Å²) in [5.41, 5.74) is 0.823. The van der Waals surface area contributed by atoms with Crippen LogP contribution >= 0.6 is 0 Å². The number of fused-ring (bicyclic) bond motifs is 1. The van der Waals surface area contributed by atoms with Gasteiger partial charge >= 0.3 is 0 Å². The number of rotatable bonds is 4. The van der Waals surface area contributed by atoms with Crippen LogP contribution in [0.3, 0.4) is 0 Å². The van der Waals surface area contributed by atoms with Gasteiger partial charge in [0.15, 0.2) is 0 Å². The van der Waals surface area contributed by atoms with Gasteiger partial charge in [0.05, 0.1) is 20.6 Å². The summed E-state index contributed by atoms with van der Waals surface area (Å²) in [7, 11) is 5.07. The highest BCUT2D eigenvalue weighted by Crippen LogP contribution is 2.32. The molecule has 2 atom stereocenters. The van der Waals surface area contributed by atoms with Crippen LogP contribution in [-0.2, 0) is 16.0 Å². The van der Waals surface area contributed by atoms with Crippen molar-refractivity contribution in [3.05, 3.63) is 23.8 Å². The largest absolute Gasteiger partial charge is 0.497 e. The minimum Gasteiger partial charge on any atom is -0.497 e. The van der Waals surface area contributed by atoms with Crippen molar-refractivity contribution >= 4 is 11.8 Å². The van der Waals surface area contributed by atoms with E-state index in [1.54, 1.807) is 14.2 Å². The molecule has 0 spiro atoms. The molecule has 24 heavy (non-hydrogen) atoms. The maximum absolute atomic E-state index is 12.7. The van der Waals surface area contributed by atoms with Gasteiger partial charge in [0.2, 0.25) is 11.8 Å². The van der Waals surface area contributed by atoms with Crippen molar-refractivity contribution in [1.29, 1.82) is 0 Å². The molecule has 0 N–H and O–H groups in total. The second kappa shape index (κ2) is 6.71. The van der Waals surface area contributed by atoms with E-state index in [0.29, 0.717) is 31.0 Å². The van der Waals surface area contributed by atoms with Crippen LogP contribution in [0.4, 0.5) is 0 Å². The Morgan fingerprint density at radius 1 is 1.29 bits per heavy atom. The quantitative estimate of drug-likeness (QED) is 0.834. The molecule has 2 heterocycles. The molecule has 2 amide bonds. The van der Waals surface area contributed by atoms with Gasteiger partial charge in [-0.15, -0.1) is 0 Å². The molecule has 0 saturated carbocycles. The van der Waals surface area contributed by atoms with Crippen LogP contribution in [0, 0.1) is 5.92 Å². The molecule has 2 saturated heterocycles. The summed E-state index contributed by atoms with van der Waals surface area (Å²) in [6.45, 7) is 1.36. The lowest BCUT2D eigenvalue weighted by atomic mass is 9.92. The third-order valence-electron chi connectivity index (χ3n) is 5.20. The SMILES string of the molecule is COc1ccc(OC)c(CC(=O)N2CC[C@H]3[C@H](CC(=O)N3C)C2)c1. The Bertz CT molecular complexity index is 646. The van der Waals surface area contributed by atoms with Gasteiger partial charge in [0.1, 0.15) is 11.5 Å². The van der Waals surface area contributed by atoms with E-state index in [1.807, 2.05) is 35.0 Å². The fourth-order valence-corrected chi connectivity index (χ4v) is 3.80. The van der Waals surface area contributed by atoms with Gasteiger partial charge in [-0.1, -0.05) is 0 Å². The summed E-state index contributed by atoms with van der Waals surface area (Å²) in [6.07, 6.45) is 1.68. The summed E-state index contributed by atoms with van der Waals surface area (Å²) in [5.74, 6) is 1.92. The number of benzene rings is 1. The average Bonchev–Trinajstić information content (AvgIpc) is 2.88. The molecule has 6 heteroatoms. The predicted molar refractivity (Wildman–Crippen MR) is 89.1 cm³/mol. The monoisotopic (exact) mass is 332 g/mol. The second-order valence-electron chi connectivity index (χ2n) is 6.52. The number of ether oxygens (including phenoxy) is 2. The number of piperidine rings is 1. The Balaban J connectivity index is 1.69. The van der Waals surface area contributed by atoms with Gasteiger partial charge in [-0.25, -0.2) is 0 Å². The zero-order valence-electron chi connectivity index (χ0n) is 14.4. The number of hydrogen-bond donors (Lipinski definition) is 0. The van der Waals surface area contributed by atoms with E-state index in [4.69, 9.17) is 9.47 Å². The van der Waals surface area contributed by atoms with Crippen molar-refractivity contribution in [2.45, 2.75) is 25.3 Å². The van der Waals surface area contributed by atoms with Crippen LogP contribution < -0.4 is 9.47 Å². The first-order valence-corrected chi connectivity index (χ1v) is 8.27. The first kappa shape index (κ1) is 16.6. The molecule has 130 valence electrons. The lowest BCUT2D eigenvalue weighted by Crippen LogP contribution is -2.47. The van der Waals surface area contributed by atoms with Gasteiger partial charge in [-0.2, -0.15) is 0 Å². The van der Waals surface area contributed by atoms with E-state index in [-0.39, 0.29) is 30.2 Å². The topological polar surface area (TPSA) is 59.1 Å². The molecule has 2 aliphatic rings. The minimum absolute atomic E-state index is 0.0713. The number of hydrogen-bond acceptors (Lipinski definition) is 4. The van der Waals surface area contributed by atoms with Crippen LogP contribution in [-0.4, -0.2) is 62.0 Å². The molecule has 6 nitrogen and oxygen atoms in total. The highest BCUT2D eigenvalue weighted by molar-refractivity contribution is 5.81. The summed E-state index contributed by atoms with van der Waals surface area (Å²) in [5, 5.41) is 0. The number of carbonyl (C=O) groups is 2. The van der Waals surface area contributed by atoms with E-state index in [0.717, 1.165) is 12.0 Å². The van der Waals surface area contributed by atoms with E-state index >= 15 is 0 Å². The van der Waals surface area contributed by atoms with Gasteiger partial charge in [0, 0.05) is 44.1 Å². The molecule has 0 bridgehead atoms. The molecule has 2 fully saturated rings. The third-order valence-corrected chi connectivity index (χ3v) is 5.20. The molecule has 0 radical (unpaired) electrons. The molecule has 1 aromatic rings. The van der Waals surface area contributed by atoms with Crippen molar-refractivity contribution in [2.75, 3.05) is 34.4 Å². The van der Waals surface area contributed by atoms with Crippen molar-refractivity contribution in [1.82, 2.24) is 9.80 Å². The molecule has 2 aliphatic heterocycles. The highest BCUT2D eigenvalue weighted by atomic mass is 16.5. The van der Waals surface area contributed by atoms with Crippen molar-refractivity contribution in [2.24, 2.45) is 5.92 Å². The zero-order chi connectivity index (χ0) is 17.3. The van der Waals surface area contributed by atoms with Crippen LogP contribution in [0.2, 0.25) is 0 Å². The second-order valence-corrected chi connectivity index (χ2v) is 6.52. The average molecular weight is 332 g/mol. The molecule has 3 rings (SSSR count). The summed E-state index contributed by atoms with van der Waals surface area (Å²) < 4.78 is 10.6. The van der Waals surface area contributed by atoms with Crippen molar-refractivity contribution in [3.63, 3.8) is 0 Å². The van der Waals surface area contributed by atoms with Crippen LogP contribution in [0.25, 0.3) is 0 Å². The van der Waals surface area contributed by atoms with Gasteiger partial charge in [-0.05, 0) is 24.6 Å². The normalized spacial score (nSPS) is 23.2. The van der Waals surface area contributed by atoms with Crippen LogP contribution in [0.15, 0.2) is 18.2 Å². The number of carbonyl (C=O) groups excluding carboxylic acids is 2. The van der Waals surface area contributed by atoms with E-state index in [1.165, 1.54) is 0 Å². The fourth-order valence-electron chi connectivity index (χ4n) is 3.80. The molecule has 0 aliphatic carbocycles. The third kappa shape index (κ3) is 3.05. The first-order chi connectivity index (χ1) is 11.5. The molecular formula is C18H24N2O4. The minimum atomic E-state index is 0.0713. The van der Waals surface area contributed by atoms with Gasteiger partial charge < -0.3 is 19.3 Å². The lowest BCUT2D eigenvalue weighted by Gasteiger charge is -2.36. The Kier molecular flexibility index (Phi) is 4.64. The standard InChI is InChI=1S/C18H24N2O4/c1-19-15-6-7-20(11-13(15)10-17(19)21)18(22)9-12-8-14(23-2)4-5-16(12)24-3/h4-5,8,13,15H,6-7,9-11H2,1-3H3/t13-,15+/m1/s1. The number of methoxy groups -OCH3 is 2. The molecule has 1 aromatic carbocycles. The zero-order valence-corrected chi connectivity index (χ0v) is 14.4. The first-order valence-electron chi connectivity index (χ1n) is 8.27. The van der Waals surface area contributed by atoms with Crippen LogP contribution in [0.1, 0.15) is 18.4 Å². The summed E-state index contributed by atoms with van der Waals surface area (Å²) in [6, 6.07) is 5.76. The van der Waals surface area contributed by atoms with Crippen LogP contribution in [0.5, 0.6) is 11.5 Å². The Labute approximate surface area is 142 Å². The predicted octanol–water partition coefficient (Wildman–Crippen LogP) is 1.33. The molecule has 0 aromatic heterocycles. The van der Waals surface area contributed by atoms with Gasteiger partial charge in [-0.3, -0.25) is 9.59 Å². The molecular weight excluding hydrogens is 308 g/mol. The maximum atomic E-state index is 12.7. The Morgan fingerprint density at radius 2 is 2.08 bits per heavy atom. The number of nitrogens with zero attached hydrogens (tertiary/aromatic N) is 2. The fraction of sp³-hybridized carbons (Fsp3) is 0.556. The smallest absolute Gasteiger partial charge is 0.227 e.